The molecule has 25 heavy (non-hydrogen) atoms. The molecule has 3 heteroatoms. The minimum Gasteiger partial charge on any atom is -0.294 e. The summed E-state index contributed by atoms with van der Waals surface area (Å²) in [4.78, 5) is 12.9. The van der Waals surface area contributed by atoms with E-state index in [-0.39, 0.29) is 0 Å². The highest BCUT2D eigenvalue weighted by Crippen LogP contribution is 2.44. The maximum absolute atomic E-state index is 12.9. The summed E-state index contributed by atoms with van der Waals surface area (Å²) < 4.78 is 2.07. The molecule has 0 bridgehead atoms. The van der Waals surface area contributed by atoms with Gasteiger partial charge in [0.2, 0.25) is 0 Å². The topological polar surface area (TPSA) is 34.9 Å². The summed E-state index contributed by atoms with van der Waals surface area (Å²) in [6.07, 6.45) is 4.00. The Hall–Kier alpha value is -1.90. The number of Topliss-reactive ketones (excluding diaryl/α,β-unsaturated/α-hetero) is 1. The van der Waals surface area contributed by atoms with Crippen molar-refractivity contribution in [2.24, 2.45) is 11.8 Å². The van der Waals surface area contributed by atoms with Crippen molar-refractivity contribution in [3.63, 3.8) is 0 Å². The monoisotopic (exact) mass is 336 g/mol. The second-order valence-corrected chi connectivity index (χ2v) is 8.47. The SMILES string of the molecule is CC(C)c1ccc(-n2nc(C3CC3)c3c2CC(C(C)C)CC3=O)cc1. The van der Waals surface area contributed by atoms with Crippen molar-refractivity contribution in [2.45, 2.75) is 65.2 Å². The third kappa shape index (κ3) is 2.94. The van der Waals surface area contributed by atoms with Gasteiger partial charge in [-0.05, 0) is 54.7 Å². The van der Waals surface area contributed by atoms with Gasteiger partial charge in [0.25, 0.3) is 0 Å². The molecule has 1 aromatic heterocycles. The average molecular weight is 336 g/mol. The summed E-state index contributed by atoms with van der Waals surface area (Å²) in [7, 11) is 0. The molecule has 1 unspecified atom stereocenters. The Labute approximate surface area is 150 Å². The maximum atomic E-state index is 12.9. The fraction of sp³-hybridized carbons (Fsp3) is 0.545. The first kappa shape index (κ1) is 16.6. The largest absolute Gasteiger partial charge is 0.294 e. The van der Waals surface area contributed by atoms with Crippen LogP contribution in [0.5, 0.6) is 0 Å². The minimum atomic E-state index is 0.312. The van der Waals surface area contributed by atoms with Gasteiger partial charge in [-0.2, -0.15) is 5.10 Å². The van der Waals surface area contributed by atoms with E-state index in [0.29, 0.717) is 35.9 Å². The molecule has 3 nitrogen and oxygen atoms in total. The van der Waals surface area contributed by atoms with Crippen molar-refractivity contribution in [3.8, 4) is 5.69 Å². The first-order valence-electron chi connectivity index (χ1n) is 9.71. The van der Waals surface area contributed by atoms with E-state index in [4.69, 9.17) is 5.10 Å². The molecule has 0 N–H and O–H groups in total. The lowest BCUT2D eigenvalue weighted by Gasteiger charge is -2.25. The molecule has 0 radical (unpaired) electrons. The van der Waals surface area contributed by atoms with Gasteiger partial charge in [0, 0.05) is 12.3 Å². The van der Waals surface area contributed by atoms with Gasteiger partial charge >= 0.3 is 0 Å². The van der Waals surface area contributed by atoms with E-state index in [0.717, 1.165) is 29.1 Å². The second-order valence-electron chi connectivity index (χ2n) is 8.47. The molecule has 2 aliphatic rings. The molecule has 132 valence electrons. The van der Waals surface area contributed by atoms with E-state index in [2.05, 4.69) is 56.6 Å². The van der Waals surface area contributed by atoms with Crippen LogP contribution >= 0.6 is 0 Å². The number of carbonyl (C=O) groups excluding carboxylic acids is 1. The molecule has 1 atom stereocenters. The van der Waals surface area contributed by atoms with Crippen molar-refractivity contribution in [2.75, 3.05) is 0 Å². The lowest BCUT2D eigenvalue weighted by molar-refractivity contribution is 0.0931. The number of hydrogen-bond acceptors (Lipinski definition) is 2. The summed E-state index contributed by atoms with van der Waals surface area (Å²) in [5.74, 6) is 2.29. The van der Waals surface area contributed by atoms with E-state index < -0.39 is 0 Å². The third-order valence-electron chi connectivity index (χ3n) is 5.90. The molecule has 4 rings (SSSR count). The highest BCUT2D eigenvalue weighted by molar-refractivity contribution is 6.00. The van der Waals surface area contributed by atoms with Crippen LogP contribution in [0.4, 0.5) is 0 Å². The highest BCUT2D eigenvalue weighted by Gasteiger charge is 2.38. The molecule has 0 saturated heterocycles. The lowest BCUT2D eigenvalue weighted by Crippen LogP contribution is -2.25. The minimum absolute atomic E-state index is 0.312. The molecule has 0 amide bonds. The van der Waals surface area contributed by atoms with Crippen LogP contribution in [0.15, 0.2) is 24.3 Å². The quantitative estimate of drug-likeness (QED) is 0.762. The Kier molecular flexibility index (Phi) is 4.05. The molecule has 0 spiro atoms. The van der Waals surface area contributed by atoms with Gasteiger partial charge in [0.15, 0.2) is 5.78 Å². The van der Waals surface area contributed by atoms with Gasteiger partial charge in [-0.3, -0.25) is 4.79 Å². The summed E-state index contributed by atoms with van der Waals surface area (Å²) >= 11 is 0. The molecule has 2 aromatic rings. The van der Waals surface area contributed by atoms with Gasteiger partial charge in [-0.15, -0.1) is 0 Å². The molecule has 1 heterocycles. The summed E-state index contributed by atoms with van der Waals surface area (Å²) in [5, 5.41) is 4.94. The van der Waals surface area contributed by atoms with Crippen LogP contribution in [-0.4, -0.2) is 15.6 Å². The van der Waals surface area contributed by atoms with Crippen LogP contribution in [0, 0.1) is 11.8 Å². The zero-order chi connectivity index (χ0) is 17.7. The fourth-order valence-electron chi connectivity index (χ4n) is 3.95. The van der Waals surface area contributed by atoms with E-state index in [1.54, 1.807) is 0 Å². The second kappa shape index (κ2) is 6.12. The number of aromatic nitrogens is 2. The standard InChI is InChI=1S/C22H28N2O/c1-13(2)15-7-9-18(10-8-15)24-19-11-17(14(3)4)12-20(25)21(19)22(23-24)16-5-6-16/h7-10,13-14,16-17H,5-6,11-12H2,1-4H3. The van der Waals surface area contributed by atoms with Gasteiger partial charge in [-0.25, -0.2) is 4.68 Å². The van der Waals surface area contributed by atoms with E-state index in [1.807, 2.05) is 0 Å². The maximum Gasteiger partial charge on any atom is 0.166 e. The first-order valence-corrected chi connectivity index (χ1v) is 9.71. The highest BCUT2D eigenvalue weighted by atomic mass is 16.1. The average Bonchev–Trinajstić information content (AvgIpc) is 3.35. The van der Waals surface area contributed by atoms with E-state index in [9.17, 15) is 4.79 Å². The van der Waals surface area contributed by atoms with Crippen molar-refractivity contribution in [3.05, 3.63) is 46.8 Å². The van der Waals surface area contributed by atoms with Crippen LogP contribution in [-0.2, 0) is 6.42 Å². The molecule has 1 aromatic carbocycles. The molecular weight excluding hydrogens is 308 g/mol. The molecule has 2 aliphatic carbocycles. The lowest BCUT2D eigenvalue weighted by atomic mass is 9.79. The van der Waals surface area contributed by atoms with E-state index in [1.165, 1.54) is 18.4 Å². The Morgan fingerprint density at radius 1 is 1.04 bits per heavy atom. The number of ketones is 1. The van der Waals surface area contributed by atoms with Crippen LogP contribution in [0.25, 0.3) is 5.69 Å². The summed E-state index contributed by atoms with van der Waals surface area (Å²) in [6.45, 7) is 8.87. The van der Waals surface area contributed by atoms with Gasteiger partial charge in [-0.1, -0.05) is 39.8 Å². The predicted octanol–water partition coefficient (Wildman–Crippen LogP) is 5.27. The van der Waals surface area contributed by atoms with E-state index >= 15 is 0 Å². The Morgan fingerprint density at radius 3 is 2.28 bits per heavy atom. The molecular formula is C22H28N2O. The van der Waals surface area contributed by atoms with Crippen molar-refractivity contribution < 1.29 is 4.79 Å². The van der Waals surface area contributed by atoms with Crippen molar-refractivity contribution >= 4 is 5.78 Å². The number of nitrogens with zero attached hydrogens (tertiary/aromatic N) is 2. The number of fused-ring (bicyclic) bond motifs is 1. The van der Waals surface area contributed by atoms with Crippen molar-refractivity contribution in [1.29, 1.82) is 0 Å². The number of rotatable bonds is 4. The van der Waals surface area contributed by atoms with Crippen LogP contribution in [0.2, 0.25) is 0 Å². The third-order valence-corrected chi connectivity index (χ3v) is 5.90. The fourth-order valence-corrected chi connectivity index (χ4v) is 3.95. The Bertz CT molecular complexity index is 794. The summed E-state index contributed by atoms with van der Waals surface area (Å²) in [6, 6.07) is 8.69. The van der Waals surface area contributed by atoms with Gasteiger partial charge in [0.05, 0.1) is 22.6 Å². The normalized spacial score (nSPS) is 20.4. The predicted molar refractivity (Wildman–Crippen MR) is 101 cm³/mol. The van der Waals surface area contributed by atoms with Crippen LogP contribution in [0.1, 0.15) is 86.1 Å². The Morgan fingerprint density at radius 2 is 1.72 bits per heavy atom. The Balaban J connectivity index is 1.80. The smallest absolute Gasteiger partial charge is 0.166 e. The zero-order valence-corrected chi connectivity index (χ0v) is 15.7. The number of carbonyl (C=O) groups is 1. The van der Waals surface area contributed by atoms with Crippen LogP contribution < -0.4 is 0 Å². The van der Waals surface area contributed by atoms with Crippen LogP contribution in [0.3, 0.4) is 0 Å². The number of benzene rings is 1. The van der Waals surface area contributed by atoms with Gasteiger partial charge < -0.3 is 0 Å². The zero-order valence-electron chi connectivity index (χ0n) is 15.7. The number of hydrogen-bond donors (Lipinski definition) is 0. The van der Waals surface area contributed by atoms with Crippen molar-refractivity contribution in [1.82, 2.24) is 9.78 Å². The molecule has 1 saturated carbocycles. The summed E-state index contributed by atoms with van der Waals surface area (Å²) in [5.41, 5.74) is 5.59. The van der Waals surface area contributed by atoms with Gasteiger partial charge in [0.1, 0.15) is 0 Å². The molecule has 0 aliphatic heterocycles. The first-order chi connectivity index (χ1) is 12.0. The molecule has 1 fully saturated rings.